The van der Waals surface area contributed by atoms with Gasteiger partial charge in [-0.15, -0.1) is 0 Å². The fraction of sp³-hybridized carbons (Fsp3) is 1.00. The van der Waals surface area contributed by atoms with Crippen LogP contribution in [0.1, 0.15) is 0 Å². The van der Waals surface area contributed by atoms with Crippen LogP contribution in [0.5, 0.6) is 0 Å². The number of hydrogen-bond donors (Lipinski definition) is 1. The van der Waals surface area contributed by atoms with E-state index in [1.165, 1.54) is 0 Å². The molecular formula is C11H24FNO4. The Balaban J connectivity index is 2.85. The summed E-state index contributed by atoms with van der Waals surface area (Å²) in [6, 6.07) is 0. The van der Waals surface area contributed by atoms with Gasteiger partial charge in [0, 0.05) is 6.54 Å². The van der Waals surface area contributed by atoms with Crippen LogP contribution < -0.4 is 5.32 Å². The Morgan fingerprint density at radius 1 is 0.706 bits per heavy atom. The molecule has 5 nitrogen and oxygen atoms in total. The van der Waals surface area contributed by atoms with Gasteiger partial charge in [-0.2, -0.15) is 0 Å². The van der Waals surface area contributed by atoms with Crippen molar-refractivity contribution in [1.29, 1.82) is 0 Å². The number of halogens is 1. The van der Waals surface area contributed by atoms with Crippen LogP contribution in [-0.2, 0) is 18.9 Å². The SMILES string of the molecule is CNCCOCCOCCOCCOCCF. The van der Waals surface area contributed by atoms with Gasteiger partial charge in [0.05, 0.1) is 52.9 Å². The van der Waals surface area contributed by atoms with Crippen LogP contribution in [0.25, 0.3) is 0 Å². The molecule has 0 rings (SSSR count). The second kappa shape index (κ2) is 15.7. The maximum Gasteiger partial charge on any atom is 0.113 e. The molecule has 0 amide bonds. The molecule has 0 saturated heterocycles. The molecule has 0 aliphatic carbocycles. The van der Waals surface area contributed by atoms with E-state index in [2.05, 4.69) is 5.32 Å². The number of nitrogens with one attached hydrogen (secondary N) is 1. The molecular weight excluding hydrogens is 229 g/mol. The third-order valence-electron chi connectivity index (χ3n) is 1.83. The highest BCUT2D eigenvalue weighted by Crippen LogP contribution is 1.82. The van der Waals surface area contributed by atoms with Crippen molar-refractivity contribution in [1.82, 2.24) is 5.32 Å². The van der Waals surface area contributed by atoms with E-state index >= 15 is 0 Å². The normalized spacial score (nSPS) is 10.9. The Morgan fingerprint density at radius 3 is 1.53 bits per heavy atom. The van der Waals surface area contributed by atoms with Crippen molar-refractivity contribution >= 4 is 0 Å². The first kappa shape index (κ1) is 16.7. The highest BCUT2D eigenvalue weighted by Gasteiger charge is 1.92. The molecule has 0 aromatic rings. The lowest BCUT2D eigenvalue weighted by Crippen LogP contribution is -2.17. The zero-order valence-corrected chi connectivity index (χ0v) is 10.6. The zero-order valence-electron chi connectivity index (χ0n) is 10.6. The molecule has 0 unspecified atom stereocenters. The minimum atomic E-state index is -0.448. The number of likely N-dealkylation sites (N-methyl/N-ethyl adjacent to an activating group) is 1. The average molecular weight is 253 g/mol. The molecule has 0 aromatic carbocycles. The zero-order chi connectivity index (χ0) is 12.6. The van der Waals surface area contributed by atoms with Gasteiger partial charge in [0.15, 0.2) is 0 Å². The molecule has 0 atom stereocenters. The fourth-order valence-electron chi connectivity index (χ4n) is 0.991. The molecule has 0 fully saturated rings. The van der Waals surface area contributed by atoms with Crippen molar-refractivity contribution in [3.8, 4) is 0 Å². The minimum absolute atomic E-state index is 0.143. The molecule has 17 heavy (non-hydrogen) atoms. The Kier molecular flexibility index (Phi) is 15.5. The van der Waals surface area contributed by atoms with Gasteiger partial charge in [-0.3, -0.25) is 0 Å². The molecule has 0 aliphatic heterocycles. The van der Waals surface area contributed by atoms with Crippen molar-refractivity contribution in [2.24, 2.45) is 0 Å². The summed E-state index contributed by atoms with van der Waals surface area (Å²) in [5.74, 6) is 0. The van der Waals surface area contributed by atoms with Crippen LogP contribution in [0, 0.1) is 0 Å². The van der Waals surface area contributed by atoms with Gasteiger partial charge < -0.3 is 24.3 Å². The second-order valence-corrected chi connectivity index (χ2v) is 3.24. The third-order valence-corrected chi connectivity index (χ3v) is 1.83. The second-order valence-electron chi connectivity index (χ2n) is 3.24. The van der Waals surface area contributed by atoms with Gasteiger partial charge >= 0.3 is 0 Å². The standard InChI is InChI=1S/C11H24FNO4/c1-13-3-5-15-7-9-17-11-10-16-8-6-14-4-2-12/h13H,2-11H2,1H3. The van der Waals surface area contributed by atoms with Gasteiger partial charge in [0.2, 0.25) is 0 Å². The monoisotopic (exact) mass is 253 g/mol. The Bertz CT molecular complexity index is 127. The smallest absolute Gasteiger partial charge is 0.113 e. The topological polar surface area (TPSA) is 49.0 Å². The minimum Gasteiger partial charge on any atom is -0.378 e. The van der Waals surface area contributed by atoms with Crippen molar-refractivity contribution < 1.29 is 23.3 Å². The average Bonchev–Trinajstić information content (AvgIpc) is 2.35. The quantitative estimate of drug-likeness (QED) is 0.449. The first-order valence-electron chi connectivity index (χ1n) is 5.93. The first-order chi connectivity index (χ1) is 8.41. The highest BCUT2D eigenvalue weighted by molar-refractivity contribution is 4.37. The molecule has 6 heteroatoms. The van der Waals surface area contributed by atoms with Crippen molar-refractivity contribution in [3.63, 3.8) is 0 Å². The molecule has 0 bridgehead atoms. The van der Waals surface area contributed by atoms with E-state index < -0.39 is 6.67 Å². The van der Waals surface area contributed by atoms with E-state index in [9.17, 15) is 4.39 Å². The Morgan fingerprint density at radius 2 is 1.12 bits per heavy atom. The van der Waals surface area contributed by atoms with Crippen LogP contribution in [0.2, 0.25) is 0 Å². The predicted molar refractivity (Wildman–Crippen MR) is 63.2 cm³/mol. The van der Waals surface area contributed by atoms with Crippen molar-refractivity contribution in [3.05, 3.63) is 0 Å². The summed E-state index contributed by atoms with van der Waals surface area (Å²) in [4.78, 5) is 0. The summed E-state index contributed by atoms with van der Waals surface area (Å²) in [6.07, 6.45) is 0. The van der Waals surface area contributed by atoms with Crippen LogP contribution in [-0.4, -0.2) is 73.1 Å². The Hall–Kier alpha value is -0.270. The summed E-state index contributed by atoms with van der Waals surface area (Å²) in [5.41, 5.74) is 0. The molecule has 104 valence electrons. The van der Waals surface area contributed by atoms with Crippen LogP contribution >= 0.6 is 0 Å². The van der Waals surface area contributed by atoms with Gasteiger partial charge in [0.1, 0.15) is 6.67 Å². The first-order valence-corrected chi connectivity index (χ1v) is 5.93. The molecule has 0 aromatic heterocycles. The molecule has 0 saturated carbocycles. The Labute approximate surface area is 103 Å². The van der Waals surface area contributed by atoms with Crippen LogP contribution in [0.3, 0.4) is 0 Å². The van der Waals surface area contributed by atoms with E-state index in [1.54, 1.807) is 0 Å². The number of ether oxygens (including phenoxy) is 4. The lowest BCUT2D eigenvalue weighted by molar-refractivity contribution is -0.00252. The summed E-state index contributed by atoms with van der Waals surface area (Å²) in [7, 11) is 1.88. The molecule has 1 N–H and O–H groups in total. The van der Waals surface area contributed by atoms with E-state index in [0.717, 1.165) is 6.54 Å². The lowest BCUT2D eigenvalue weighted by Gasteiger charge is -2.06. The van der Waals surface area contributed by atoms with Crippen LogP contribution in [0.4, 0.5) is 4.39 Å². The van der Waals surface area contributed by atoms with Gasteiger partial charge in [-0.1, -0.05) is 0 Å². The van der Waals surface area contributed by atoms with Crippen molar-refractivity contribution in [2.75, 3.05) is 73.1 Å². The van der Waals surface area contributed by atoms with E-state index in [-0.39, 0.29) is 6.61 Å². The van der Waals surface area contributed by atoms with E-state index in [4.69, 9.17) is 18.9 Å². The summed E-state index contributed by atoms with van der Waals surface area (Å²) >= 11 is 0. The fourth-order valence-corrected chi connectivity index (χ4v) is 0.991. The number of hydrogen-bond acceptors (Lipinski definition) is 5. The molecule has 0 heterocycles. The summed E-state index contributed by atoms with van der Waals surface area (Å²) < 4.78 is 32.3. The predicted octanol–water partition coefficient (Wildman–Crippen LogP) is 0.242. The van der Waals surface area contributed by atoms with E-state index in [0.29, 0.717) is 46.2 Å². The molecule has 0 aliphatic rings. The maximum atomic E-state index is 11.6. The van der Waals surface area contributed by atoms with Gasteiger partial charge in [-0.05, 0) is 7.05 Å². The summed E-state index contributed by atoms with van der Waals surface area (Å²) in [5, 5.41) is 2.99. The van der Waals surface area contributed by atoms with Crippen molar-refractivity contribution in [2.45, 2.75) is 0 Å². The largest absolute Gasteiger partial charge is 0.378 e. The van der Waals surface area contributed by atoms with Gasteiger partial charge in [-0.25, -0.2) is 4.39 Å². The third kappa shape index (κ3) is 15.7. The molecule has 0 spiro atoms. The highest BCUT2D eigenvalue weighted by atomic mass is 19.1. The number of alkyl halides is 1. The van der Waals surface area contributed by atoms with E-state index in [1.807, 2.05) is 7.05 Å². The van der Waals surface area contributed by atoms with Gasteiger partial charge in [0.25, 0.3) is 0 Å². The van der Waals surface area contributed by atoms with Crippen LogP contribution in [0.15, 0.2) is 0 Å². The summed E-state index contributed by atoms with van der Waals surface area (Å²) in [6.45, 7) is 4.38. The maximum absolute atomic E-state index is 11.6. The molecule has 0 radical (unpaired) electrons. The lowest BCUT2D eigenvalue weighted by atomic mass is 10.6. The number of rotatable bonds is 14.